The van der Waals surface area contributed by atoms with Crippen LogP contribution in [0.3, 0.4) is 0 Å². The highest BCUT2D eigenvalue weighted by Crippen LogP contribution is 2.29. The van der Waals surface area contributed by atoms with E-state index in [0.29, 0.717) is 11.8 Å². The summed E-state index contributed by atoms with van der Waals surface area (Å²) in [6.45, 7) is 3.87. The Morgan fingerprint density at radius 1 is 1.24 bits per heavy atom. The van der Waals surface area contributed by atoms with Crippen molar-refractivity contribution in [3.05, 3.63) is 29.8 Å². The number of nitrogens with zero attached hydrogens (tertiary/aromatic N) is 1. The Kier molecular flexibility index (Phi) is 4.47. The number of hydrogen-bond acceptors (Lipinski definition) is 2. The van der Waals surface area contributed by atoms with Gasteiger partial charge in [-0.1, -0.05) is 25.5 Å². The first-order valence-corrected chi connectivity index (χ1v) is 8.30. The van der Waals surface area contributed by atoms with Gasteiger partial charge in [0.15, 0.2) is 0 Å². The lowest BCUT2D eigenvalue weighted by Gasteiger charge is -2.36. The molecular formula is C18H25NO2. The monoisotopic (exact) mass is 287 g/mol. The van der Waals surface area contributed by atoms with Crippen LogP contribution >= 0.6 is 0 Å². The number of likely N-dealkylation sites (tertiary alicyclic amines) is 1. The van der Waals surface area contributed by atoms with Gasteiger partial charge in [-0.25, -0.2) is 0 Å². The SMILES string of the molecule is CCc1cccc(OC2CCN(C(=O)C3CCC3)CC2)c1. The summed E-state index contributed by atoms with van der Waals surface area (Å²) in [5.41, 5.74) is 1.31. The van der Waals surface area contributed by atoms with Gasteiger partial charge in [-0.2, -0.15) is 0 Å². The minimum Gasteiger partial charge on any atom is -0.490 e. The fraction of sp³-hybridized carbons (Fsp3) is 0.611. The highest BCUT2D eigenvalue weighted by molar-refractivity contribution is 5.79. The van der Waals surface area contributed by atoms with Crippen molar-refractivity contribution in [1.82, 2.24) is 4.90 Å². The van der Waals surface area contributed by atoms with Crippen LogP contribution in [-0.4, -0.2) is 30.0 Å². The molecule has 1 aromatic carbocycles. The molecular weight excluding hydrogens is 262 g/mol. The van der Waals surface area contributed by atoms with Crippen LogP contribution < -0.4 is 4.74 Å². The van der Waals surface area contributed by atoms with Crippen LogP contribution in [0.5, 0.6) is 5.75 Å². The van der Waals surface area contributed by atoms with E-state index < -0.39 is 0 Å². The molecule has 3 rings (SSSR count). The van der Waals surface area contributed by atoms with Gasteiger partial charge in [-0.05, 0) is 37.0 Å². The zero-order valence-electron chi connectivity index (χ0n) is 12.9. The Hall–Kier alpha value is -1.51. The first-order chi connectivity index (χ1) is 10.3. The third kappa shape index (κ3) is 3.39. The van der Waals surface area contributed by atoms with Crippen molar-refractivity contribution in [2.75, 3.05) is 13.1 Å². The Balaban J connectivity index is 1.50. The van der Waals surface area contributed by atoms with Crippen molar-refractivity contribution < 1.29 is 9.53 Å². The average molecular weight is 287 g/mol. The zero-order valence-corrected chi connectivity index (χ0v) is 12.9. The highest BCUT2D eigenvalue weighted by atomic mass is 16.5. The summed E-state index contributed by atoms with van der Waals surface area (Å²) in [7, 11) is 0. The molecule has 0 N–H and O–H groups in total. The number of ether oxygens (including phenoxy) is 1. The van der Waals surface area contributed by atoms with Crippen molar-refractivity contribution in [2.45, 2.75) is 51.6 Å². The number of aryl methyl sites for hydroxylation is 1. The summed E-state index contributed by atoms with van der Waals surface area (Å²) in [6, 6.07) is 8.35. The predicted octanol–water partition coefficient (Wildman–Crippen LogP) is 3.42. The van der Waals surface area contributed by atoms with Crippen molar-refractivity contribution in [3.8, 4) is 5.75 Å². The number of piperidine rings is 1. The second-order valence-electron chi connectivity index (χ2n) is 6.27. The minimum absolute atomic E-state index is 0.252. The topological polar surface area (TPSA) is 29.5 Å². The Morgan fingerprint density at radius 3 is 2.62 bits per heavy atom. The van der Waals surface area contributed by atoms with Gasteiger partial charge in [0, 0.05) is 31.8 Å². The molecule has 0 radical (unpaired) electrons. The Labute approximate surface area is 127 Å². The van der Waals surface area contributed by atoms with Crippen LogP contribution in [0.1, 0.15) is 44.6 Å². The van der Waals surface area contributed by atoms with Crippen LogP contribution in [0.15, 0.2) is 24.3 Å². The van der Waals surface area contributed by atoms with E-state index in [0.717, 1.165) is 50.9 Å². The molecule has 0 bridgehead atoms. The summed E-state index contributed by atoms with van der Waals surface area (Å²) in [5, 5.41) is 0. The molecule has 1 aliphatic heterocycles. The molecule has 1 saturated heterocycles. The fourth-order valence-electron chi connectivity index (χ4n) is 3.14. The highest BCUT2D eigenvalue weighted by Gasteiger charge is 2.32. The van der Waals surface area contributed by atoms with Gasteiger partial charge in [-0.3, -0.25) is 4.79 Å². The molecule has 3 heteroatoms. The van der Waals surface area contributed by atoms with Crippen LogP contribution in [0, 0.1) is 5.92 Å². The third-order valence-corrected chi connectivity index (χ3v) is 4.82. The lowest BCUT2D eigenvalue weighted by molar-refractivity contribution is -0.140. The second-order valence-corrected chi connectivity index (χ2v) is 6.27. The number of amides is 1. The molecule has 0 atom stereocenters. The summed E-state index contributed by atoms with van der Waals surface area (Å²) < 4.78 is 6.09. The number of benzene rings is 1. The molecule has 1 aliphatic carbocycles. The van der Waals surface area contributed by atoms with Gasteiger partial charge in [0.2, 0.25) is 5.91 Å². The molecule has 0 spiro atoms. The van der Waals surface area contributed by atoms with Gasteiger partial charge in [-0.15, -0.1) is 0 Å². The molecule has 2 fully saturated rings. The number of rotatable bonds is 4. The maximum absolute atomic E-state index is 12.2. The van der Waals surface area contributed by atoms with Gasteiger partial charge in [0.1, 0.15) is 11.9 Å². The molecule has 2 aliphatic rings. The van der Waals surface area contributed by atoms with E-state index in [1.54, 1.807) is 0 Å². The number of carbonyl (C=O) groups excluding carboxylic acids is 1. The molecule has 0 aromatic heterocycles. The average Bonchev–Trinajstić information content (AvgIpc) is 2.46. The maximum atomic E-state index is 12.2. The zero-order chi connectivity index (χ0) is 14.7. The van der Waals surface area contributed by atoms with E-state index in [1.165, 1.54) is 12.0 Å². The van der Waals surface area contributed by atoms with E-state index >= 15 is 0 Å². The minimum atomic E-state index is 0.252. The largest absolute Gasteiger partial charge is 0.490 e. The second kappa shape index (κ2) is 6.50. The maximum Gasteiger partial charge on any atom is 0.225 e. The van der Waals surface area contributed by atoms with Gasteiger partial charge in [0.05, 0.1) is 0 Å². The van der Waals surface area contributed by atoms with Gasteiger partial charge >= 0.3 is 0 Å². The van der Waals surface area contributed by atoms with Gasteiger partial charge < -0.3 is 9.64 Å². The Morgan fingerprint density at radius 2 is 2.00 bits per heavy atom. The molecule has 3 nitrogen and oxygen atoms in total. The van der Waals surface area contributed by atoms with E-state index in [4.69, 9.17) is 4.74 Å². The molecule has 1 heterocycles. The van der Waals surface area contributed by atoms with E-state index in [1.807, 2.05) is 11.0 Å². The van der Waals surface area contributed by atoms with E-state index in [9.17, 15) is 4.79 Å². The standard InChI is InChI=1S/C18H25NO2/c1-2-14-5-3-8-17(13-14)21-16-9-11-19(12-10-16)18(20)15-6-4-7-15/h3,5,8,13,15-16H,2,4,6-7,9-12H2,1H3. The van der Waals surface area contributed by atoms with Crippen LogP contribution in [0.4, 0.5) is 0 Å². The lowest BCUT2D eigenvalue weighted by Crippen LogP contribution is -2.45. The third-order valence-electron chi connectivity index (χ3n) is 4.82. The number of carbonyl (C=O) groups is 1. The lowest BCUT2D eigenvalue weighted by atomic mass is 9.84. The van der Waals surface area contributed by atoms with Crippen molar-refractivity contribution in [2.24, 2.45) is 5.92 Å². The molecule has 1 saturated carbocycles. The summed E-state index contributed by atoms with van der Waals surface area (Å²) >= 11 is 0. The molecule has 1 aromatic rings. The van der Waals surface area contributed by atoms with E-state index in [2.05, 4.69) is 25.1 Å². The predicted molar refractivity (Wildman–Crippen MR) is 83.4 cm³/mol. The first-order valence-electron chi connectivity index (χ1n) is 8.30. The molecule has 1 amide bonds. The Bertz CT molecular complexity index is 488. The molecule has 114 valence electrons. The molecule has 0 unspecified atom stereocenters. The van der Waals surface area contributed by atoms with E-state index in [-0.39, 0.29) is 6.10 Å². The van der Waals surface area contributed by atoms with Crippen molar-refractivity contribution in [1.29, 1.82) is 0 Å². The quantitative estimate of drug-likeness (QED) is 0.849. The van der Waals surface area contributed by atoms with Crippen molar-refractivity contribution >= 4 is 5.91 Å². The normalized spacial score (nSPS) is 20.1. The molecule has 21 heavy (non-hydrogen) atoms. The fourth-order valence-corrected chi connectivity index (χ4v) is 3.14. The van der Waals surface area contributed by atoms with Crippen LogP contribution in [-0.2, 0) is 11.2 Å². The summed E-state index contributed by atoms with van der Waals surface area (Å²) in [4.78, 5) is 14.3. The number of hydrogen-bond donors (Lipinski definition) is 0. The van der Waals surface area contributed by atoms with Crippen LogP contribution in [0.25, 0.3) is 0 Å². The van der Waals surface area contributed by atoms with Crippen molar-refractivity contribution in [3.63, 3.8) is 0 Å². The first kappa shape index (κ1) is 14.4. The van der Waals surface area contributed by atoms with Crippen LogP contribution in [0.2, 0.25) is 0 Å². The smallest absolute Gasteiger partial charge is 0.225 e. The summed E-state index contributed by atoms with van der Waals surface area (Å²) in [5.74, 6) is 1.68. The van der Waals surface area contributed by atoms with Gasteiger partial charge in [0.25, 0.3) is 0 Å². The summed E-state index contributed by atoms with van der Waals surface area (Å²) in [6.07, 6.45) is 6.61.